The second kappa shape index (κ2) is 8.16. The van der Waals surface area contributed by atoms with Crippen LogP contribution >= 0.6 is 0 Å². The van der Waals surface area contributed by atoms with Crippen LogP contribution in [0, 0.1) is 5.92 Å². The first-order valence-electron chi connectivity index (χ1n) is 7.01. The van der Waals surface area contributed by atoms with Gasteiger partial charge in [0, 0.05) is 5.92 Å². The average molecular weight is 262 g/mol. The van der Waals surface area contributed by atoms with Crippen LogP contribution in [0.4, 0.5) is 0 Å². The van der Waals surface area contributed by atoms with E-state index in [2.05, 4.69) is 46.1 Å². The zero-order valence-electron chi connectivity index (χ0n) is 13.3. The van der Waals surface area contributed by atoms with Gasteiger partial charge in [-0.2, -0.15) is 0 Å². The molecule has 1 heteroatoms. The fourth-order valence-electron chi connectivity index (χ4n) is 2.09. The fraction of sp³-hybridized carbons (Fsp3) is 0.556. The minimum atomic E-state index is -0.886. The molecule has 0 aliphatic rings. The van der Waals surface area contributed by atoms with Crippen LogP contribution in [0.1, 0.15) is 53.9 Å². The van der Waals surface area contributed by atoms with Crippen molar-refractivity contribution in [1.82, 2.24) is 0 Å². The molecule has 2 unspecified atom stereocenters. The molecule has 0 bridgehead atoms. The molecule has 0 amide bonds. The maximum atomic E-state index is 10.3. The van der Waals surface area contributed by atoms with Crippen molar-refractivity contribution in [2.45, 2.75) is 59.5 Å². The van der Waals surface area contributed by atoms with E-state index in [1.807, 2.05) is 6.92 Å². The van der Waals surface area contributed by atoms with Gasteiger partial charge in [-0.3, -0.25) is 0 Å². The summed E-state index contributed by atoms with van der Waals surface area (Å²) in [4.78, 5) is 0. The molecule has 1 N–H and O–H groups in total. The summed E-state index contributed by atoms with van der Waals surface area (Å²) < 4.78 is 0. The van der Waals surface area contributed by atoms with Crippen LogP contribution in [0.15, 0.2) is 48.1 Å². The van der Waals surface area contributed by atoms with Gasteiger partial charge in [0.1, 0.15) is 0 Å². The maximum Gasteiger partial charge on any atom is 0.0864 e. The zero-order chi connectivity index (χ0) is 15.1. The number of allylic oxidation sites excluding steroid dienone is 4. The summed E-state index contributed by atoms with van der Waals surface area (Å²) in [6.07, 6.45) is 9.06. The summed E-state index contributed by atoms with van der Waals surface area (Å²) in [6, 6.07) is 0. The highest BCUT2D eigenvalue weighted by Gasteiger charge is 2.28. The molecule has 0 saturated carbocycles. The van der Waals surface area contributed by atoms with E-state index < -0.39 is 5.60 Å². The summed E-state index contributed by atoms with van der Waals surface area (Å²) in [5.41, 5.74) is 2.84. The quantitative estimate of drug-likeness (QED) is 0.596. The average Bonchev–Trinajstić information content (AvgIpc) is 2.27. The van der Waals surface area contributed by atoms with Gasteiger partial charge in [0.2, 0.25) is 0 Å². The standard InChI is InChI=1S/C18H30O/c1-8-18(7,19)17(15(4)5)13-12-16(6)11-9-10-14(2)3/h8,10,12,17,19H,1,4,9,11,13H2,2-3,5-7H3/b16-12+. The Labute approximate surface area is 119 Å². The normalized spacial score (nSPS) is 16.4. The Kier molecular flexibility index (Phi) is 7.70. The zero-order valence-corrected chi connectivity index (χ0v) is 13.3. The van der Waals surface area contributed by atoms with Crippen molar-refractivity contribution in [1.29, 1.82) is 0 Å². The summed E-state index contributed by atoms with van der Waals surface area (Å²) in [5.74, 6) is 0.0309. The summed E-state index contributed by atoms with van der Waals surface area (Å²) in [7, 11) is 0. The lowest BCUT2D eigenvalue weighted by atomic mass is 9.81. The third-order valence-corrected chi connectivity index (χ3v) is 3.51. The number of hydrogen-bond donors (Lipinski definition) is 1. The molecule has 0 aromatic heterocycles. The second-order valence-corrected chi connectivity index (χ2v) is 5.94. The van der Waals surface area contributed by atoms with Crippen LogP contribution in [0.2, 0.25) is 0 Å². The lowest BCUT2D eigenvalue weighted by Crippen LogP contribution is -2.32. The van der Waals surface area contributed by atoms with Crippen LogP contribution in [-0.4, -0.2) is 10.7 Å². The summed E-state index contributed by atoms with van der Waals surface area (Å²) >= 11 is 0. The lowest BCUT2D eigenvalue weighted by Gasteiger charge is -2.30. The molecule has 0 spiro atoms. The van der Waals surface area contributed by atoms with Crippen LogP contribution in [-0.2, 0) is 0 Å². The molecule has 0 aromatic carbocycles. The van der Waals surface area contributed by atoms with Crippen LogP contribution in [0.25, 0.3) is 0 Å². The highest BCUT2D eigenvalue weighted by molar-refractivity contribution is 5.14. The van der Waals surface area contributed by atoms with Gasteiger partial charge in [0.05, 0.1) is 5.60 Å². The monoisotopic (exact) mass is 262 g/mol. The van der Waals surface area contributed by atoms with Crippen molar-refractivity contribution in [3.63, 3.8) is 0 Å². The van der Waals surface area contributed by atoms with Crippen LogP contribution in [0.5, 0.6) is 0 Å². The van der Waals surface area contributed by atoms with Crippen LogP contribution < -0.4 is 0 Å². The van der Waals surface area contributed by atoms with E-state index in [1.54, 1.807) is 13.0 Å². The van der Waals surface area contributed by atoms with Gasteiger partial charge < -0.3 is 5.11 Å². The van der Waals surface area contributed by atoms with Gasteiger partial charge in [-0.15, -0.1) is 6.58 Å². The topological polar surface area (TPSA) is 20.2 Å². The Hall–Kier alpha value is -1.08. The molecule has 0 radical (unpaired) electrons. The molecular formula is C18H30O. The van der Waals surface area contributed by atoms with E-state index >= 15 is 0 Å². The van der Waals surface area contributed by atoms with Crippen molar-refractivity contribution >= 4 is 0 Å². The second-order valence-electron chi connectivity index (χ2n) is 5.94. The molecule has 1 nitrogen and oxygen atoms in total. The SMILES string of the molecule is C=CC(C)(O)C(C/C=C(\C)CCC=C(C)C)C(=C)C. The third kappa shape index (κ3) is 7.17. The van der Waals surface area contributed by atoms with E-state index in [9.17, 15) is 5.11 Å². The Morgan fingerprint density at radius 2 is 1.79 bits per heavy atom. The highest BCUT2D eigenvalue weighted by Crippen LogP contribution is 2.29. The first-order chi connectivity index (χ1) is 8.70. The molecule has 19 heavy (non-hydrogen) atoms. The predicted molar refractivity (Wildman–Crippen MR) is 86.2 cm³/mol. The van der Waals surface area contributed by atoms with Crippen molar-refractivity contribution in [3.8, 4) is 0 Å². The molecule has 0 aromatic rings. The van der Waals surface area contributed by atoms with Gasteiger partial charge in [0.15, 0.2) is 0 Å². The van der Waals surface area contributed by atoms with Gasteiger partial charge in [-0.1, -0.05) is 41.5 Å². The molecular weight excluding hydrogens is 232 g/mol. The molecule has 0 rings (SSSR count). The van der Waals surface area contributed by atoms with E-state index in [4.69, 9.17) is 0 Å². The minimum Gasteiger partial charge on any atom is -0.385 e. The Morgan fingerprint density at radius 3 is 2.21 bits per heavy atom. The Bertz CT molecular complexity index is 365. The van der Waals surface area contributed by atoms with E-state index in [0.717, 1.165) is 24.8 Å². The first kappa shape index (κ1) is 17.9. The summed E-state index contributed by atoms with van der Waals surface area (Å²) in [5, 5.41) is 10.3. The largest absolute Gasteiger partial charge is 0.385 e. The number of rotatable bonds is 8. The highest BCUT2D eigenvalue weighted by atomic mass is 16.3. The molecule has 0 saturated heterocycles. The Balaban J connectivity index is 4.59. The number of hydrogen-bond acceptors (Lipinski definition) is 1. The molecule has 0 heterocycles. The van der Waals surface area contributed by atoms with Crippen molar-refractivity contribution in [2.24, 2.45) is 5.92 Å². The van der Waals surface area contributed by atoms with Crippen molar-refractivity contribution in [2.75, 3.05) is 0 Å². The van der Waals surface area contributed by atoms with Gasteiger partial charge in [0.25, 0.3) is 0 Å². The third-order valence-electron chi connectivity index (χ3n) is 3.51. The summed E-state index contributed by atoms with van der Waals surface area (Å²) in [6.45, 7) is 17.9. The first-order valence-corrected chi connectivity index (χ1v) is 7.01. The minimum absolute atomic E-state index is 0.0309. The molecule has 0 aliphatic carbocycles. The predicted octanol–water partition coefficient (Wildman–Crippen LogP) is 5.20. The lowest BCUT2D eigenvalue weighted by molar-refractivity contribution is 0.0638. The van der Waals surface area contributed by atoms with Gasteiger partial charge in [-0.05, 0) is 53.9 Å². The molecule has 0 fully saturated rings. The van der Waals surface area contributed by atoms with Gasteiger partial charge in [-0.25, -0.2) is 0 Å². The van der Waals surface area contributed by atoms with Crippen molar-refractivity contribution < 1.29 is 5.11 Å². The fourth-order valence-corrected chi connectivity index (χ4v) is 2.09. The van der Waals surface area contributed by atoms with E-state index in [-0.39, 0.29) is 5.92 Å². The maximum absolute atomic E-state index is 10.3. The number of aliphatic hydroxyl groups is 1. The van der Waals surface area contributed by atoms with Gasteiger partial charge >= 0.3 is 0 Å². The van der Waals surface area contributed by atoms with E-state index in [1.165, 1.54) is 11.1 Å². The van der Waals surface area contributed by atoms with Crippen molar-refractivity contribution in [3.05, 3.63) is 48.1 Å². The van der Waals surface area contributed by atoms with Crippen LogP contribution in [0.3, 0.4) is 0 Å². The molecule has 2 atom stereocenters. The molecule has 108 valence electrons. The Morgan fingerprint density at radius 1 is 1.21 bits per heavy atom. The van der Waals surface area contributed by atoms with E-state index in [0.29, 0.717) is 0 Å². The smallest absolute Gasteiger partial charge is 0.0864 e. The molecule has 0 aliphatic heterocycles.